The molecule has 1 atom stereocenters. The van der Waals surface area contributed by atoms with Crippen molar-refractivity contribution in [3.05, 3.63) is 57.2 Å². The Bertz CT molecular complexity index is 935. The minimum Gasteiger partial charge on any atom is -0.463 e. The van der Waals surface area contributed by atoms with Gasteiger partial charge in [0.05, 0.1) is 30.3 Å². The number of carbonyl (C=O) groups excluding carboxylic acids is 2. The molecule has 4 rings (SSSR count). The minimum atomic E-state index is -0.422. The summed E-state index contributed by atoms with van der Waals surface area (Å²) in [7, 11) is 0. The molecule has 1 saturated carbocycles. The van der Waals surface area contributed by atoms with Crippen molar-refractivity contribution in [3.63, 3.8) is 0 Å². The van der Waals surface area contributed by atoms with Crippen LogP contribution in [-0.2, 0) is 14.3 Å². The van der Waals surface area contributed by atoms with Gasteiger partial charge >= 0.3 is 5.97 Å². The molecule has 3 aliphatic rings. The van der Waals surface area contributed by atoms with Crippen LogP contribution in [-0.4, -0.2) is 34.6 Å². The average molecular weight is 432 g/mol. The lowest BCUT2D eigenvalue weighted by Crippen LogP contribution is -2.38. The molecule has 2 heterocycles. The lowest BCUT2D eigenvalue weighted by molar-refractivity contribution is -0.139. The second-order valence-corrected chi connectivity index (χ2v) is 8.46. The van der Waals surface area contributed by atoms with E-state index in [4.69, 9.17) is 16.3 Å². The van der Waals surface area contributed by atoms with Crippen molar-refractivity contribution in [3.8, 4) is 0 Å². The van der Waals surface area contributed by atoms with Gasteiger partial charge < -0.3 is 15.0 Å². The predicted molar refractivity (Wildman–Crippen MR) is 114 cm³/mol. The van der Waals surface area contributed by atoms with Crippen LogP contribution < -0.4 is 5.32 Å². The number of benzene rings is 1. The molecule has 0 aromatic heterocycles. The van der Waals surface area contributed by atoms with Crippen LogP contribution in [0.2, 0.25) is 5.02 Å². The van der Waals surface area contributed by atoms with E-state index in [1.165, 1.54) is 11.8 Å². The highest BCUT2D eigenvalue weighted by Gasteiger charge is 2.41. The number of halogens is 1. The monoisotopic (exact) mass is 431 g/mol. The highest BCUT2D eigenvalue weighted by Crippen LogP contribution is 2.45. The molecule has 0 saturated heterocycles. The van der Waals surface area contributed by atoms with Crippen molar-refractivity contribution in [1.29, 1.82) is 0 Å². The third-order valence-electron chi connectivity index (χ3n) is 4.97. The SMILES string of the molecule is CCOC(=O)C1=C(C)N=C2SC=C(CC(=O)NC3CC3)N2C1c1ccc(Cl)cc1. The molecule has 2 aliphatic heterocycles. The van der Waals surface area contributed by atoms with Crippen molar-refractivity contribution in [1.82, 2.24) is 10.2 Å². The first-order chi connectivity index (χ1) is 14.0. The first-order valence-electron chi connectivity index (χ1n) is 9.64. The van der Waals surface area contributed by atoms with Gasteiger partial charge in [-0.3, -0.25) is 4.79 Å². The van der Waals surface area contributed by atoms with Crippen LogP contribution >= 0.6 is 23.4 Å². The number of thioether (sulfide) groups is 1. The van der Waals surface area contributed by atoms with E-state index in [9.17, 15) is 9.59 Å². The highest BCUT2D eigenvalue weighted by molar-refractivity contribution is 8.16. The van der Waals surface area contributed by atoms with Gasteiger partial charge in [0, 0.05) is 16.8 Å². The Morgan fingerprint density at radius 2 is 2.03 bits per heavy atom. The maximum atomic E-state index is 12.8. The largest absolute Gasteiger partial charge is 0.463 e. The molecule has 152 valence electrons. The van der Waals surface area contributed by atoms with Gasteiger partial charge in [-0.15, -0.1) is 0 Å². The van der Waals surface area contributed by atoms with E-state index in [-0.39, 0.29) is 18.9 Å². The van der Waals surface area contributed by atoms with E-state index in [0.29, 0.717) is 22.3 Å². The number of allylic oxidation sites excluding steroid dienone is 1. The smallest absolute Gasteiger partial charge is 0.338 e. The van der Waals surface area contributed by atoms with Gasteiger partial charge in [0.2, 0.25) is 5.91 Å². The fourth-order valence-electron chi connectivity index (χ4n) is 3.47. The summed E-state index contributed by atoms with van der Waals surface area (Å²) >= 11 is 7.55. The van der Waals surface area contributed by atoms with E-state index in [2.05, 4.69) is 10.3 Å². The van der Waals surface area contributed by atoms with Gasteiger partial charge in [0.15, 0.2) is 5.17 Å². The summed E-state index contributed by atoms with van der Waals surface area (Å²) < 4.78 is 5.33. The van der Waals surface area contributed by atoms with Crippen molar-refractivity contribution >= 4 is 40.4 Å². The number of amidine groups is 1. The molecule has 6 nitrogen and oxygen atoms in total. The lowest BCUT2D eigenvalue weighted by Gasteiger charge is -2.36. The number of fused-ring (bicyclic) bond motifs is 1. The van der Waals surface area contributed by atoms with Crippen LogP contribution in [0, 0.1) is 0 Å². The molecule has 0 bridgehead atoms. The van der Waals surface area contributed by atoms with Crippen LogP contribution in [0.25, 0.3) is 0 Å². The number of hydrogen-bond donors (Lipinski definition) is 1. The van der Waals surface area contributed by atoms with Crippen LogP contribution in [0.5, 0.6) is 0 Å². The zero-order valence-electron chi connectivity index (χ0n) is 16.3. The number of nitrogens with zero attached hydrogens (tertiary/aromatic N) is 2. The van der Waals surface area contributed by atoms with Crippen LogP contribution in [0.3, 0.4) is 0 Å². The second-order valence-electron chi connectivity index (χ2n) is 7.18. The predicted octanol–water partition coefficient (Wildman–Crippen LogP) is 4.15. The van der Waals surface area contributed by atoms with E-state index in [1.807, 2.05) is 29.4 Å². The summed E-state index contributed by atoms with van der Waals surface area (Å²) in [5.41, 5.74) is 2.81. The van der Waals surface area contributed by atoms with Crippen LogP contribution in [0.4, 0.5) is 0 Å². The molecule has 1 amide bonds. The Balaban J connectivity index is 1.70. The van der Waals surface area contributed by atoms with Gasteiger partial charge in [-0.25, -0.2) is 9.79 Å². The van der Waals surface area contributed by atoms with Crippen molar-refractivity contribution in [2.75, 3.05) is 6.61 Å². The standard InChI is InChI=1S/C21H22ClN3O3S/c1-3-28-20(27)18-12(2)23-21-25(19(18)13-4-6-14(22)7-5-13)16(11-29-21)10-17(26)24-15-8-9-15/h4-7,11,15,19H,3,8-10H2,1-2H3,(H,24,26). The fraction of sp³-hybridized carbons (Fsp3) is 0.381. The number of nitrogens with one attached hydrogen (secondary N) is 1. The Kier molecular flexibility index (Phi) is 5.69. The third kappa shape index (κ3) is 4.21. The number of carbonyl (C=O) groups is 2. The molecule has 29 heavy (non-hydrogen) atoms. The van der Waals surface area contributed by atoms with E-state index in [1.54, 1.807) is 19.1 Å². The normalized spacial score (nSPS) is 20.8. The molecule has 0 spiro atoms. The Morgan fingerprint density at radius 3 is 2.69 bits per heavy atom. The number of esters is 1. The van der Waals surface area contributed by atoms with Crippen molar-refractivity contribution in [2.45, 2.75) is 45.2 Å². The van der Waals surface area contributed by atoms with E-state index < -0.39 is 12.0 Å². The van der Waals surface area contributed by atoms with Crippen LogP contribution in [0.1, 0.15) is 44.7 Å². The molecule has 1 aromatic carbocycles. The summed E-state index contributed by atoms with van der Waals surface area (Å²) in [5.74, 6) is -0.411. The molecule has 1 aromatic rings. The first kappa shape index (κ1) is 20.0. The molecule has 1 aliphatic carbocycles. The van der Waals surface area contributed by atoms with E-state index >= 15 is 0 Å². The summed E-state index contributed by atoms with van der Waals surface area (Å²) in [6.45, 7) is 3.88. The molecule has 1 fully saturated rings. The quantitative estimate of drug-likeness (QED) is 0.685. The number of amides is 1. The average Bonchev–Trinajstić information content (AvgIpc) is 3.41. The zero-order chi connectivity index (χ0) is 20.5. The third-order valence-corrected chi connectivity index (χ3v) is 6.11. The number of aliphatic imine (C=N–C) groups is 1. The lowest BCUT2D eigenvalue weighted by atomic mass is 9.94. The van der Waals surface area contributed by atoms with Crippen LogP contribution in [0.15, 0.2) is 51.6 Å². The molecular formula is C21H22ClN3O3S. The zero-order valence-corrected chi connectivity index (χ0v) is 17.8. The highest BCUT2D eigenvalue weighted by atomic mass is 35.5. The number of ether oxygens (including phenoxy) is 1. The van der Waals surface area contributed by atoms with Gasteiger partial charge in [-0.05, 0) is 49.8 Å². The minimum absolute atomic E-state index is 0.0144. The number of hydrogen-bond acceptors (Lipinski definition) is 6. The van der Waals surface area contributed by atoms with Gasteiger partial charge in [0.1, 0.15) is 0 Å². The maximum Gasteiger partial charge on any atom is 0.338 e. The Morgan fingerprint density at radius 1 is 1.31 bits per heavy atom. The summed E-state index contributed by atoms with van der Waals surface area (Å²) in [5, 5.41) is 6.34. The summed E-state index contributed by atoms with van der Waals surface area (Å²) in [6.07, 6.45) is 2.32. The maximum absolute atomic E-state index is 12.8. The van der Waals surface area contributed by atoms with Crippen molar-refractivity contribution < 1.29 is 14.3 Å². The van der Waals surface area contributed by atoms with Gasteiger partial charge in [-0.1, -0.05) is 35.5 Å². The summed E-state index contributed by atoms with van der Waals surface area (Å²) in [6, 6.07) is 7.27. The molecule has 1 unspecified atom stereocenters. The topological polar surface area (TPSA) is 71.0 Å². The molecule has 1 N–H and O–H groups in total. The van der Waals surface area contributed by atoms with Crippen molar-refractivity contribution in [2.24, 2.45) is 4.99 Å². The molecule has 0 radical (unpaired) electrons. The van der Waals surface area contributed by atoms with E-state index in [0.717, 1.165) is 29.3 Å². The number of rotatable bonds is 6. The summed E-state index contributed by atoms with van der Waals surface area (Å²) in [4.78, 5) is 31.9. The van der Waals surface area contributed by atoms with Gasteiger partial charge in [-0.2, -0.15) is 0 Å². The Hall–Kier alpha value is -2.25. The Labute approximate surface area is 179 Å². The second kappa shape index (κ2) is 8.24. The molecule has 8 heteroatoms. The van der Waals surface area contributed by atoms with Gasteiger partial charge in [0.25, 0.3) is 0 Å². The molecular weight excluding hydrogens is 410 g/mol. The fourth-order valence-corrected chi connectivity index (χ4v) is 4.56. The first-order valence-corrected chi connectivity index (χ1v) is 10.9.